The molecule has 0 saturated heterocycles. The van der Waals surface area contributed by atoms with Gasteiger partial charge in [-0.3, -0.25) is 0 Å². The second kappa shape index (κ2) is 6.06. The minimum Gasteiger partial charge on any atom is -0.391 e. The second-order valence-electron chi connectivity index (χ2n) is 5.01. The molecule has 2 rings (SSSR count). The van der Waals surface area contributed by atoms with Gasteiger partial charge in [0.25, 0.3) is 0 Å². The van der Waals surface area contributed by atoms with E-state index in [2.05, 4.69) is 36.5 Å². The Morgan fingerprint density at radius 3 is 2.76 bits per heavy atom. The van der Waals surface area contributed by atoms with Crippen molar-refractivity contribution in [2.45, 2.75) is 57.6 Å². The lowest BCUT2D eigenvalue weighted by Gasteiger charge is -2.30. The fraction of sp³-hybridized carbons (Fsp3) is 0.600. The van der Waals surface area contributed by atoms with Crippen molar-refractivity contribution in [2.24, 2.45) is 0 Å². The van der Waals surface area contributed by atoms with Crippen LogP contribution in [-0.2, 0) is 6.42 Å². The highest BCUT2D eigenvalue weighted by atomic mass is 16.3. The topological polar surface area (TPSA) is 32.3 Å². The monoisotopic (exact) mass is 233 g/mol. The van der Waals surface area contributed by atoms with Crippen molar-refractivity contribution in [3.63, 3.8) is 0 Å². The van der Waals surface area contributed by atoms with Crippen LogP contribution in [0.4, 0.5) is 5.69 Å². The van der Waals surface area contributed by atoms with E-state index < -0.39 is 0 Å². The Hall–Kier alpha value is -1.02. The molecule has 2 atom stereocenters. The Balaban J connectivity index is 2.06. The molecule has 1 aliphatic rings. The number of nitrogens with one attached hydrogen (secondary N) is 1. The first-order valence-corrected chi connectivity index (χ1v) is 6.83. The van der Waals surface area contributed by atoms with E-state index in [1.54, 1.807) is 0 Å². The van der Waals surface area contributed by atoms with Gasteiger partial charge in [-0.15, -0.1) is 0 Å². The van der Waals surface area contributed by atoms with Crippen LogP contribution in [-0.4, -0.2) is 17.3 Å². The van der Waals surface area contributed by atoms with Crippen LogP contribution in [0, 0.1) is 0 Å². The molecule has 1 aromatic carbocycles. The largest absolute Gasteiger partial charge is 0.391 e. The van der Waals surface area contributed by atoms with E-state index in [1.807, 2.05) is 0 Å². The van der Waals surface area contributed by atoms with Gasteiger partial charge in [-0.05, 0) is 30.9 Å². The molecule has 1 aliphatic carbocycles. The first-order valence-electron chi connectivity index (χ1n) is 6.83. The predicted octanol–water partition coefficient (Wildman–Crippen LogP) is 3.35. The average molecular weight is 233 g/mol. The highest BCUT2D eigenvalue weighted by Gasteiger charge is 2.23. The molecule has 0 unspecified atom stereocenters. The molecule has 0 aliphatic heterocycles. The quantitative estimate of drug-likeness (QED) is 0.836. The van der Waals surface area contributed by atoms with Crippen LogP contribution in [0.15, 0.2) is 24.3 Å². The highest BCUT2D eigenvalue weighted by Crippen LogP contribution is 2.24. The summed E-state index contributed by atoms with van der Waals surface area (Å²) in [7, 11) is 0. The van der Waals surface area contributed by atoms with Crippen LogP contribution >= 0.6 is 0 Å². The van der Waals surface area contributed by atoms with Crippen molar-refractivity contribution in [2.75, 3.05) is 5.32 Å². The molecule has 2 N–H and O–H groups in total. The van der Waals surface area contributed by atoms with E-state index in [9.17, 15) is 5.11 Å². The minimum atomic E-state index is -0.182. The first kappa shape index (κ1) is 12.4. The molecule has 0 bridgehead atoms. The lowest BCUT2D eigenvalue weighted by molar-refractivity contribution is 0.116. The Morgan fingerprint density at radius 1 is 1.24 bits per heavy atom. The number of benzene rings is 1. The van der Waals surface area contributed by atoms with Gasteiger partial charge in [0, 0.05) is 5.69 Å². The van der Waals surface area contributed by atoms with Gasteiger partial charge in [0.05, 0.1) is 12.1 Å². The number of aryl methyl sites for hydroxylation is 1. The summed E-state index contributed by atoms with van der Waals surface area (Å²) in [5.74, 6) is 0. The molecule has 0 heterocycles. The number of aliphatic hydroxyl groups is 1. The maximum atomic E-state index is 9.99. The van der Waals surface area contributed by atoms with Crippen LogP contribution in [0.1, 0.15) is 44.6 Å². The van der Waals surface area contributed by atoms with E-state index >= 15 is 0 Å². The van der Waals surface area contributed by atoms with E-state index in [-0.39, 0.29) is 12.1 Å². The second-order valence-corrected chi connectivity index (χ2v) is 5.01. The van der Waals surface area contributed by atoms with Crippen molar-refractivity contribution in [3.8, 4) is 0 Å². The third kappa shape index (κ3) is 3.22. The van der Waals surface area contributed by atoms with Crippen molar-refractivity contribution in [3.05, 3.63) is 29.8 Å². The van der Waals surface area contributed by atoms with Crippen molar-refractivity contribution in [1.29, 1.82) is 0 Å². The van der Waals surface area contributed by atoms with Crippen molar-refractivity contribution < 1.29 is 5.11 Å². The van der Waals surface area contributed by atoms with Gasteiger partial charge in [0.2, 0.25) is 0 Å². The Kier molecular flexibility index (Phi) is 4.43. The Labute approximate surface area is 104 Å². The van der Waals surface area contributed by atoms with E-state index in [1.165, 1.54) is 17.7 Å². The Bertz CT molecular complexity index is 351. The predicted molar refractivity (Wildman–Crippen MR) is 72.3 cm³/mol. The lowest BCUT2D eigenvalue weighted by Crippen LogP contribution is -2.36. The third-order valence-electron chi connectivity index (χ3n) is 3.61. The molecule has 1 saturated carbocycles. The summed E-state index contributed by atoms with van der Waals surface area (Å²) < 4.78 is 0. The highest BCUT2D eigenvalue weighted by molar-refractivity contribution is 5.52. The van der Waals surface area contributed by atoms with E-state index in [0.29, 0.717) is 0 Å². The summed E-state index contributed by atoms with van der Waals surface area (Å²) >= 11 is 0. The van der Waals surface area contributed by atoms with Gasteiger partial charge in [-0.2, -0.15) is 0 Å². The maximum Gasteiger partial charge on any atom is 0.0741 e. The van der Waals surface area contributed by atoms with Gasteiger partial charge < -0.3 is 10.4 Å². The zero-order valence-electron chi connectivity index (χ0n) is 10.7. The molecule has 0 spiro atoms. The molecule has 0 radical (unpaired) electrons. The fourth-order valence-corrected chi connectivity index (χ4v) is 2.63. The number of aliphatic hydroxyl groups excluding tert-OH is 1. The molecular weight excluding hydrogens is 210 g/mol. The molecular formula is C15H23NO. The van der Waals surface area contributed by atoms with E-state index in [4.69, 9.17) is 0 Å². The van der Waals surface area contributed by atoms with Crippen LogP contribution in [0.3, 0.4) is 0 Å². The zero-order chi connectivity index (χ0) is 12.1. The van der Waals surface area contributed by atoms with Crippen LogP contribution in [0.2, 0.25) is 0 Å². The molecule has 2 nitrogen and oxygen atoms in total. The number of hydrogen-bond donors (Lipinski definition) is 2. The molecule has 17 heavy (non-hydrogen) atoms. The molecule has 94 valence electrons. The van der Waals surface area contributed by atoms with Gasteiger partial charge in [0.1, 0.15) is 0 Å². The molecule has 1 aromatic rings. The summed E-state index contributed by atoms with van der Waals surface area (Å²) in [6, 6.07) is 8.71. The summed E-state index contributed by atoms with van der Waals surface area (Å²) in [6.45, 7) is 2.20. The standard InChI is InChI=1S/C15H23NO/c1-2-7-12-8-3-4-9-13(12)16-14-10-5-6-11-15(14)17/h3-4,8-9,14-17H,2,5-7,10-11H2,1H3/t14-,15-/m1/s1. The van der Waals surface area contributed by atoms with Crippen molar-refractivity contribution in [1.82, 2.24) is 0 Å². The number of rotatable bonds is 4. The fourth-order valence-electron chi connectivity index (χ4n) is 2.63. The summed E-state index contributed by atoms with van der Waals surface area (Å²) in [5.41, 5.74) is 2.58. The van der Waals surface area contributed by atoms with Crippen LogP contribution in [0.25, 0.3) is 0 Å². The summed E-state index contributed by atoms with van der Waals surface area (Å²) in [4.78, 5) is 0. The first-order chi connectivity index (χ1) is 8.31. The van der Waals surface area contributed by atoms with Gasteiger partial charge in [-0.1, -0.05) is 44.4 Å². The van der Waals surface area contributed by atoms with E-state index in [0.717, 1.165) is 32.1 Å². The van der Waals surface area contributed by atoms with Gasteiger partial charge in [0.15, 0.2) is 0 Å². The summed E-state index contributed by atoms with van der Waals surface area (Å²) in [5, 5.41) is 13.5. The number of para-hydroxylation sites is 1. The van der Waals surface area contributed by atoms with Gasteiger partial charge in [-0.25, -0.2) is 0 Å². The SMILES string of the molecule is CCCc1ccccc1N[C@@H]1CCCC[C@H]1O. The van der Waals surface area contributed by atoms with Crippen LogP contribution in [0.5, 0.6) is 0 Å². The molecule has 1 fully saturated rings. The summed E-state index contributed by atoms with van der Waals surface area (Å²) in [6.07, 6.45) is 6.49. The number of hydrogen-bond acceptors (Lipinski definition) is 2. The zero-order valence-corrected chi connectivity index (χ0v) is 10.7. The normalized spacial score (nSPS) is 24.6. The van der Waals surface area contributed by atoms with Crippen LogP contribution < -0.4 is 5.32 Å². The smallest absolute Gasteiger partial charge is 0.0741 e. The average Bonchev–Trinajstić information content (AvgIpc) is 2.35. The van der Waals surface area contributed by atoms with Crippen molar-refractivity contribution >= 4 is 5.69 Å². The molecule has 2 heteroatoms. The minimum absolute atomic E-state index is 0.182. The lowest BCUT2D eigenvalue weighted by atomic mass is 9.92. The molecule has 0 aromatic heterocycles. The number of anilines is 1. The Morgan fingerprint density at radius 2 is 2.00 bits per heavy atom. The maximum absolute atomic E-state index is 9.99. The third-order valence-corrected chi connectivity index (χ3v) is 3.61. The molecule has 0 amide bonds. The van der Waals surface area contributed by atoms with Gasteiger partial charge >= 0.3 is 0 Å².